The Morgan fingerprint density at radius 1 is 1.22 bits per heavy atom. The molecule has 0 bridgehead atoms. The van der Waals surface area contributed by atoms with Gasteiger partial charge in [0.15, 0.2) is 0 Å². The Balaban J connectivity index is 2.60. The SMILES string of the molecule is COc1ccc(C(=O)O)cc1-c1cccc(Br)c1. The van der Waals surface area contributed by atoms with Gasteiger partial charge < -0.3 is 9.84 Å². The van der Waals surface area contributed by atoms with Gasteiger partial charge >= 0.3 is 5.97 Å². The number of methoxy groups -OCH3 is 1. The number of hydrogen-bond acceptors (Lipinski definition) is 2. The first kappa shape index (κ1) is 12.6. The maximum atomic E-state index is 11.0. The van der Waals surface area contributed by atoms with E-state index in [9.17, 15) is 4.79 Å². The van der Waals surface area contributed by atoms with Crippen LogP contribution in [-0.2, 0) is 0 Å². The molecule has 0 aliphatic carbocycles. The number of benzene rings is 2. The normalized spacial score (nSPS) is 10.1. The lowest BCUT2D eigenvalue weighted by atomic mass is 10.0. The summed E-state index contributed by atoms with van der Waals surface area (Å²) < 4.78 is 6.20. The standard InChI is InChI=1S/C14H11BrO3/c1-18-13-6-5-10(14(16)17)8-12(13)9-3-2-4-11(15)7-9/h2-8H,1H3,(H,16,17). The van der Waals surface area contributed by atoms with Crippen molar-refractivity contribution in [2.75, 3.05) is 7.11 Å². The zero-order chi connectivity index (χ0) is 13.1. The van der Waals surface area contributed by atoms with Crippen LogP contribution in [0.25, 0.3) is 11.1 Å². The largest absolute Gasteiger partial charge is 0.496 e. The molecule has 92 valence electrons. The highest BCUT2D eigenvalue weighted by Gasteiger charge is 2.10. The molecule has 2 rings (SSSR count). The highest BCUT2D eigenvalue weighted by atomic mass is 79.9. The van der Waals surface area contributed by atoms with E-state index in [0.717, 1.165) is 15.6 Å². The summed E-state index contributed by atoms with van der Waals surface area (Å²) in [6.45, 7) is 0. The molecule has 2 aromatic rings. The van der Waals surface area contributed by atoms with Gasteiger partial charge in [-0.15, -0.1) is 0 Å². The van der Waals surface area contributed by atoms with Crippen molar-refractivity contribution in [3.8, 4) is 16.9 Å². The second kappa shape index (κ2) is 5.23. The Morgan fingerprint density at radius 3 is 2.61 bits per heavy atom. The van der Waals surface area contributed by atoms with Crippen LogP contribution in [0.4, 0.5) is 0 Å². The third-order valence-corrected chi connectivity index (χ3v) is 3.08. The van der Waals surface area contributed by atoms with Gasteiger partial charge in [0.25, 0.3) is 0 Å². The van der Waals surface area contributed by atoms with Gasteiger partial charge in [0.05, 0.1) is 12.7 Å². The third kappa shape index (κ3) is 2.54. The van der Waals surface area contributed by atoms with Crippen molar-refractivity contribution in [2.45, 2.75) is 0 Å². The van der Waals surface area contributed by atoms with Crippen molar-refractivity contribution in [1.29, 1.82) is 0 Å². The maximum Gasteiger partial charge on any atom is 0.335 e. The molecule has 0 unspecified atom stereocenters. The Labute approximate surface area is 113 Å². The lowest BCUT2D eigenvalue weighted by Crippen LogP contribution is -1.97. The molecule has 1 N–H and O–H groups in total. The number of aromatic carboxylic acids is 1. The van der Waals surface area contributed by atoms with Crippen LogP contribution >= 0.6 is 15.9 Å². The van der Waals surface area contributed by atoms with E-state index in [-0.39, 0.29) is 5.56 Å². The summed E-state index contributed by atoms with van der Waals surface area (Å²) in [5.41, 5.74) is 1.91. The van der Waals surface area contributed by atoms with Crippen LogP contribution < -0.4 is 4.74 Å². The molecule has 0 spiro atoms. The number of carbonyl (C=O) groups is 1. The number of rotatable bonds is 3. The van der Waals surface area contributed by atoms with Crippen molar-refractivity contribution >= 4 is 21.9 Å². The molecule has 0 aliphatic rings. The quantitative estimate of drug-likeness (QED) is 0.937. The predicted octanol–water partition coefficient (Wildman–Crippen LogP) is 3.82. The smallest absolute Gasteiger partial charge is 0.335 e. The number of ether oxygens (including phenoxy) is 1. The number of carboxylic acids is 1. The maximum absolute atomic E-state index is 11.0. The molecular formula is C14H11BrO3. The molecule has 2 aromatic carbocycles. The Hall–Kier alpha value is -1.81. The molecule has 0 amide bonds. The van der Waals surface area contributed by atoms with Crippen LogP contribution in [-0.4, -0.2) is 18.2 Å². The molecule has 0 radical (unpaired) electrons. The molecule has 0 saturated heterocycles. The molecule has 0 heterocycles. The lowest BCUT2D eigenvalue weighted by Gasteiger charge is -2.10. The fourth-order valence-electron chi connectivity index (χ4n) is 1.72. The Kier molecular flexibility index (Phi) is 3.67. The number of hydrogen-bond donors (Lipinski definition) is 1. The Morgan fingerprint density at radius 2 is 2.00 bits per heavy atom. The second-order valence-electron chi connectivity index (χ2n) is 3.73. The van der Waals surface area contributed by atoms with Crippen molar-refractivity contribution in [3.63, 3.8) is 0 Å². The van der Waals surface area contributed by atoms with Gasteiger partial charge in [-0.1, -0.05) is 28.1 Å². The van der Waals surface area contributed by atoms with Crippen LogP contribution in [0.1, 0.15) is 10.4 Å². The van der Waals surface area contributed by atoms with Gasteiger partial charge in [0.1, 0.15) is 5.75 Å². The molecule has 3 nitrogen and oxygen atoms in total. The highest BCUT2D eigenvalue weighted by Crippen LogP contribution is 2.32. The van der Waals surface area contributed by atoms with E-state index < -0.39 is 5.97 Å². The molecule has 0 saturated carbocycles. The van der Waals surface area contributed by atoms with Gasteiger partial charge in [-0.05, 0) is 35.9 Å². The zero-order valence-corrected chi connectivity index (χ0v) is 11.3. The van der Waals surface area contributed by atoms with Crippen LogP contribution in [0.2, 0.25) is 0 Å². The van der Waals surface area contributed by atoms with Gasteiger partial charge in [0, 0.05) is 10.0 Å². The fourth-order valence-corrected chi connectivity index (χ4v) is 2.12. The van der Waals surface area contributed by atoms with Gasteiger partial charge in [0.2, 0.25) is 0 Å². The average molecular weight is 307 g/mol. The van der Waals surface area contributed by atoms with Crippen LogP contribution in [0.5, 0.6) is 5.75 Å². The van der Waals surface area contributed by atoms with Crippen LogP contribution in [0.15, 0.2) is 46.9 Å². The van der Waals surface area contributed by atoms with E-state index in [0.29, 0.717) is 5.75 Å². The first-order valence-corrected chi connectivity index (χ1v) is 6.08. The van der Waals surface area contributed by atoms with E-state index in [4.69, 9.17) is 9.84 Å². The zero-order valence-electron chi connectivity index (χ0n) is 9.68. The van der Waals surface area contributed by atoms with E-state index >= 15 is 0 Å². The summed E-state index contributed by atoms with van der Waals surface area (Å²) in [6.07, 6.45) is 0. The van der Waals surface area contributed by atoms with Crippen LogP contribution in [0.3, 0.4) is 0 Å². The summed E-state index contributed by atoms with van der Waals surface area (Å²) in [5, 5.41) is 9.02. The van der Waals surface area contributed by atoms with Crippen LogP contribution in [0, 0.1) is 0 Å². The van der Waals surface area contributed by atoms with Crippen molar-refractivity contribution in [1.82, 2.24) is 0 Å². The first-order valence-electron chi connectivity index (χ1n) is 5.29. The summed E-state index contributed by atoms with van der Waals surface area (Å²) in [4.78, 5) is 11.0. The summed E-state index contributed by atoms with van der Waals surface area (Å²) in [6, 6.07) is 12.5. The fraction of sp³-hybridized carbons (Fsp3) is 0.0714. The molecule has 0 atom stereocenters. The molecule has 0 aliphatic heterocycles. The Bertz CT molecular complexity index is 593. The number of carboxylic acid groups (broad SMARTS) is 1. The topological polar surface area (TPSA) is 46.5 Å². The second-order valence-corrected chi connectivity index (χ2v) is 4.65. The van der Waals surface area contributed by atoms with Crippen molar-refractivity contribution in [2.24, 2.45) is 0 Å². The van der Waals surface area contributed by atoms with E-state index in [1.807, 2.05) is 24.3 Å². The number of halogens is 1. The summed E-state index contributed by atoms with van der Waals surface area (Å²) >= 11 is 3.40. The molecule has 4 heteroatoms. The van der Waals surface area contributed by atoms with E-state index in [1.54, 1.807) is 19.2 Å². The average Bonchev–Trinajstić information content (AvgIpc) is 2.38. The van der Waals surface area contributed by atoms with Crippen molar-refractivity contribution in [3.05, 3.63) is 52.5 Å². The molecule has 0 aromatic heterocycles. The molecule has 18 heavy (non-hydrogen) atoms. The van der Waals surface area contributed by atoms with E-state index in [1.165, 1.54) is 6.07 Å². The third-order valence-electron chi connectivity index (χ3n) is 2.58. The summed E-state index contributed by atoms with van der Waals surface area (Å²) in [7, 11) is 1.57. The van der Waals surface area contributed by atoms with Gasteiger partial charge in [-0.25, -0.2) is 4.79 Å². The molecular weight excluding hydrogens is 296 g/mol. The lowest BCUT2D eigenvalue weighted by molar-refractivity contribution is 0.0697. The van der Waals surface area contributed by atoms with Gasteiger partial charge in [-0.3, -0.25) is 0 Å². The molecule has 0 fully saturated rings. The monoisotopic (exact) mass is 306 g/mol. The van der Waals surface area contributed by atoms with Gasteiger partial charge in [-0.2, -0.15) is 0 Å². The predicted molar refractivity (Wildman–Crippen MR) is 73.1 cm³/mol. The van der Waals surface area contributed by atoms with E-state index in [2.05, 4.69) is 15.9 Å². The minimum Gasteiger partial charge on any atom is -0.496 e. The minimum atomic E-state index is -0.950. The van der Waals surface area contributed by atoms with Crippen molar-refractivity contribution < 1.29 is 14.6 Å². The minimum absolute atomic E-state index is 0.241. The first-order chi connectivity index (χ1) is 8.61. The highest BCUT2D eigenvalue weighted by molar-refractivity contribution is 9.10. The summed E-state index contributed by atoms with van der Waals surface area (Å²) in [5.74, 6) is -0.299.